The van der Waals surface area contributed by atoms with Crippen molar-refractivity contribution in [2.24, 2.45) is 5.73 Å². The summed E-state index contributed by atoms with van der Waals surface area (Å²) in [4.78, 5) is 5.53. The second kappa shape index (κ2) is 6.17. The Morgan fingerprint density at radius 1 is 1.25 bits per heavy atom. The molecule has 1 aromatic rings. The van der Waals surface area contributed by atoms with Gasteiger partial charge in [0.1, 0.15) is 0 Å². The summed E-state index contributed by atoms with van der Waals surface area (Å²) in [6.07, 6.45) is 3.69. The zero-order valence-corrected chi connectivity index (χ0v) is 14.5. The third-order valence-electron chi connectivity index (χ3n) is 4.29. The Bertz CT molecular complexity index is 430. The minimum absolute atomic E-state index is 0.237. The van der Waals surface area contributed by atoms with E-state index in [2.05, 4.69) is 51.7 Å². The summed E-state index contributed by atoms with van der Waals surface area (Å²) in [5.41, 5.74) is 6.76. The Hall–Kier alpha value is -0.380. The van der Waals surface area contributed by atoms with Gasteiger partial charge in [-0.05, 0) is 50.8 Å². The van der Waals surface area contributed by atoms with Crippen LogP contribution in [0.25, 0.3) is 0 Å². The van der Waals surface area contributed by atoms with Crippen LogP contribution >= 0.6 is 11.3 Å². The molecule has 0 bridgehead atoms. The Labute approximate surface area is 128 Å². The molecule has 1 aliphatic rings. The van der Waals surface area contributed by atoms with E-state index in [4.69, 9.17) is 5.73 Å². The molecule has 1 saturated heterocycles. The van der Waals surface area contributed by atoms with Crippen molar-refractivity contribution in [1.82, 2.24) is 4.90 Å². The quantitative estimate of drug-likeness (QED) is 0.880. The maximum absolute atomic E-state index is 6.52. The SMILES string of the molecule is CC(C)N1CCCCC(N)C1c1ccc(C(C)(C)C)s1. The van der Waals surface area contributed by atoms with Crippen LogP contribution in [-0.4, -0.2) is 23.5 Å². The summed E-state index contributed by atoms with van der Waals surface area (Å²) in [6.45, 7) is 12.6. The van der Waals surface area contributed by atoms with Crippen LogP contribution < -0.4 is 5.73 Å². The van der Waals surface area contributed by atoms with Gasteiger partial charge in [-0.15, -0.1) is 11.3 Å². The summed E-state index contributed by atoms with van der Waals surface area (Å²) in [7, 11) is 0. The first-order valence-electron chi connectivity index (χ1n) is 7.92. The van der Waals surface area contributed by atoms with Gasteiger partial charge in [-0.1, -0.05) is 27.2 Å². The number of rotatable bonds is 2. The molecule has 2 nitrogen and oxygen atoms in total. The lowest BCUT2D eigenvalue weighted by atomic mass is 9.95. The first kappa shape index (κ1) is 16.0. The van der Waals surface area contributed by atoms with Crippen LogP contribution in [0.3, 0.4) is 0 Å². The molecule has 0 aromatic carbocycles. The van der Waals surface area contributed by atoms with E-state index in [1.807, 2.05) is 11.3 Å². The molecule has 3 heteroatoms. The molecule has 2 heterocycles. The van der Waals surface area contributed by atoms with Gasteiger partial charge in [-0.25, -0.2) is 0 Å². The molecule has 2 rings (SSSR count). The number of nitrogens with zero attached hydrogens (tertiary/aromatic N) is 1. The maximum atomic E-state index is 6.52. The van der Waals surface area contributed by atoms with E-state index in [-0.39, 0.29) is 11.5 Å². The van der Waals surface area contributed by atoms with Gasteiger partial charge in [0.15, 0.2) is 0 Å². The highest BCUT2D eigenvalue weighted by Gasteiger charge is 2.32. The zero-order valence-electron chi connectivity index (χ0n) is 13.6. The van der Waals surface area contributed by atoms with Crippen molar-refractivity contribution in [2.75, 3.05) is 6.54 Å². The zero-order chi connectivity index (χ0) is 14.9. The summed E-state index contributed by atoms with van der Waals surface area (Å²) in [6, 6.07) is 5.85. The Morgan fingerprint density at radius 2 is 1.95 bits per heavy atom. The summed E-state index contributed by atoms with van der Waals surface area (Å²) in [5, 5.41) is 0. The van der Waals surface area contributed by atoms with Gasteiger partial charge in [-0.3, -0.25) is 4.90 Å². The first-order chi connectivity index (χ1) is 9.30. The van der Waals surface area contributed by atoms with E-state index < -0.39 is 0 Å². The fourth-order valence-electron chi connectivity index (χ4n) is 3.09. The molecule has 0 amide bonds. The van der Waals surface area contributed by atoms with Crippen LogP contribution in [0, 0.1) is 0 Å². The average molecular weight is 295 g/mol. The summed E-state index contributed by atoms with van der Waals surface area (Å²) in [5.74, 6) is 0. The Kier molecular flexibility index (Phi) is 4.93. The van der Waals surface area contributed by atoms with E-state index in [1.54, 1.807) is 0 Å². The van der Waals surface area contributed by atoms with Crippen LogP contribution in [0.5, 0.6) is 0 Å². The number of nitrogens with two attached hydrogens (primary N) is 1. The van der Waals surface area contributed by atoms with E-state index >= 15 is 0 Å². The minimum Gasteiger partial charge on any atom is -0.326 e. The average Bonchev–Trinajstić information content (AvgIpc) is 2.73. The van der Waals surface area contributed by atoms with E-state index in [9.17, 15) is 0 Å². The predicted octanol–water partition coefficient (Wildman–Crippen LogP) is 4.31. The lowest BCUT2D eigenvalue weighted by Crippen LogP contribution is -2.42. The molecule has 1 aliphatic heterocycles. The van der Waals surface area contributed by atoms with Gasteiger partial charge < -0.3 is 5.73 Å². The van der Waals surface area contributed by atoms with Crippen molar-refractivity contribution in [3.05, 3.63) is 21.9 Å². The van der Waals surface area contributed by atoms with Crippen LogP contribution in [-0.2, 0) is 5.41 Å². The predicted molar refractivity (Wildman–Crippen MR) is 89.4 cm³/mol. The summed E-state index contributed by atoms with van der Waals surface area (Å²) >= 11 is 1.96. The van der Waals surface area contributed by atoms with Gasteiger partial charge in [-0.2, -0.15) is 0 Å². The fraction of sp³-hybridized carbons (Fsp3) is 0.765. The Balaban J connectivity index is 2.32. The largest absolute Gasteiger partial charge is 0.326 e. The second-order valence-corrected chi connectivity index (χ2v) is 8.50. The molecule has 0 aliphatic carbocycles. The van der Waals surface area contributed by atoms with Gasteiger partial charge >= 0.3 is 0 Å². The summed E-state index contributed by atoms with van der Waals surface area (Å²) < 4.78 is 0. The monoisotopic (exact) mass is 294 g/mol. The first-order valence-corrected chi connectivity index (χ1v) is 8.74. The smallest absolute Gasteiger partial charge is 0.0595 e. The molecule has 2 unspecified atom stereocenters. The lowest BCUT2D eigenvalue weighted by Gasteiger charge is -2.36. The highest BCUT2D eigenvalue weighted by atomic mass is 32.1. The molecule has 0 radical (unpaired) electrons. The molecule has 2 N–H and O–H groups in total. The highest BCUT2D eigenvalue weighted by Crippen LogP contribution is 2.38. The number of hydrogen-bond donors (Lipinski definition) is 1. The number of likely N-dealkylation sites (tertiary alicyclic amines) is 1. The van der Waals surface area contributed by atoms with Crippen molar-refractivity contribution in [3.63, 3.8) is 0 Å². The molecule has 0 saturated carbocycles. The van der Waals surface area contributed by atoms with E-state index in [0.29, 0.717) is 12.1 Å². The number of hydrogen-bond acceptors (Lipinski definition) is 3. The van der Waals surface area contributed by atoms with Crippen LogP contribution in [0.1, 0.15) is 69.7 Å². The van der Waals surface area contributed by atoms with Gasteiger partial charge in [0.2, 0.25) is 0 Å². The van der Waals surface area contributed by atoms with Crippen LogP contribution in [0.2, 0.25) is 0 Å². The standard InChI is InChI=1S/C17H30N2S/c1-12(2)19-11-7-6-8-13(18)16(19)14-9-10-15(20-14)17(3,4)5/h9-10,12-13,16H,6-8,11,18H2,1-5H3. The molecule has 1 fully saturated rings. The highest BCUT2D eigenvalue weighted by molar-refractivity contribution is 7.12. The molecular weight excluding hydrogens is 264 g/mol. The van der Waals surface area contributed by atoms with Crippen molar-refractivity contribution in [1.29, 1.82) is 0 Å². The number of thiophene rings is 1. The van der Waals surface area contributed by atoms with Crippen molar-refractivity contribution >= 4 is 11.3 Å². The fourth-order valence-corrected chi connectivity index (χ4v) is 4.35. The molecule has 114 valence electrons. The molecule has 2 atom stereocenters. The molecule has 20 heavy (non-hydrogen) atoms. The molecular formula is C17H30N2S. The van der Waals surface area contributed by atoms with Crippen molar-refractivity contribution in [3.8, 4) is 0 Å². The van der Waals surface area contributed by atoms with Crippen molar-refractivity contribution in [2.45, 2.75) is 77.4 Å². The van der Waals surface area contributed by atoms with Crippen LogP contribution in [0.4, 0.5) is 0 Å². The van der Waals surface area contributed by atoms with E-state index in [0.717, 1.165) is 6.42 Å². The minimum atomic E-state index is 0.237. The molecule has 0 spiro atoms. The van der Waals surface area contributed by atoms with E-state index in [1.165, 1.54) is 29.1 Å². The lowest BCUT2D eigenvalue weighted by molar-refractivity contribution is 0.146. The topological polar surface area (TPSA) is 29.3 Å². The Morgan fingerprint density at radius 3 is 2.50 bits per heavy atom. The normalized spacial score (nSPS) is 25.9. The van der Waals surface area contributed by atoms with Gasteiger partial charge in [0.05, 0.1) is 6.04 Å². The molecule has 1 aromatic heterocycles. The third kappa shape index (κ3) is 3.44. The third-order valence-corrected chi connectivity index (χ3v) is 5.87. The van der Waals surface area contributed by atoms with Gasteiger partial charge in [0.25, 0.3) is 0 Å². The maximum Gasteiger partial charge on any atom is 0.0595 e. The van der Waals surface area contributed by atoms with Crippen molar-refractivity contribution < 1.29 is 0 Å². The second-order valence-electron chi connectivity index (χ2n) is 7.39. The van der Waals surface area contributed by atoms with Crippen LogP contribution in [0.15, 0.2) is 12.1 Å². The van der Waals surface area contributed by atoms with Gasteiger partial charge in [0, 0.05) is 21.8 Å².